The topological polar surface area (TPSA) is 69.4 Å². The lowest BCUT2D eigenvalue weighted by Crippen LogP contribution is -2.39. The first kappa shape index (κ1) is 22.6. The Morgan fingerprint density at radius 1 is 1.11 bits per heavy atom. The zero-order valence-electron chi connectivity index (χ0n) is 14.4. The Kier molecular flexibility index (Phi) is 9.42. The van der Waals surface area contributed by atoms with E-state index in [0.29, 0.717) is 17.1 Å². The lowest BCUT2D eigenvalue weighted by Gasteiger charge is -2.13. The minimum absolute atomic E-state index is 0. The second-order valence-electron chi connectivity index (χ2n) is 5.19. The van der Waals surface area contributed by atoms with Gasteiger partial charge in [-0.2, -0.15) is 5.26 Å². The van der Waals surface area contributed by atoms with Gasteiger partial charge >= 0.3 is 0 Å². The van der Waals surface area contributed by atoms with E-state index in [0.717, 1.165) is 12.1 Å². The second-order valence-corrected chi connectivity index (χ2v) is 5.19. The summed E-state index contributed by atoms with van der Waals surface area (Å²) in [5, 5.41) is 14.7. The van der Waals surface area contributed by atoms with Crippen LogP contribution in [0.3, 0.4) is 0 Å². The highest BCUT2D eigenvalue weighted by Gasteiger charge is 2.06. The van der Waals surface area contributed by atoms with Crippen LogP contribution < -0.4 is 15.4 Å². The minimum Gasteiger partial charge on any atom is -0.489 e. The molecule has 144 valence electrons. The summed E-state index contributed by atoms with van der Waals surface area (Å²) in [6, 6.07) is 9.10. The van der Waals surface area contributed by atoms with Gasteiger partial charge in [0.15, 0.2) is 17.5 Å². The Labute approximate surface area is 172 Å². The summed E-state index contributed by atoms with van der Waals surface area (Å²) < 4.78 is 45.2. The fourth-order valence-electron chi connectivity index (χ4n) is 2.10. The van der Waals surface area contributed by atoms with Crippen molar-refractivity contribution in [3.8, 4) is 11.8 Å². The number of ether oxygens (including phenoxy) is 1. The minimum atomic E-state index is -0.777. The van der Waals surface area contributed by atoms with E-state index in [4.69, 9.17) is 10.00 Å². The number of hydrogen-bond acceptors (Lipinski definition) is 3. The summed E-state index contributed by atoms with van der Waals surface area (Å²) in [6.07, 6.45) is 0. The molecule has 0 bridgehead atoms. The van der Waals surface area contributed by atoms with Gasteiger partial charge < -0.3 is 15.4 Å². The molecule has 0 radical (unpaired) electrons. The highest BCUT2D eigenvalue weighted by atomic mass is 127. The molecule has 0 heterocycles. The van der Waals surface area contributed by atoms with Crippen molar-refractivity contribution in [3.63, 3.8) is 0 Å². The highest BCUT2D eigenvalue weighted by Crippen LogP contribution is 2.17. The van der Waals surface area contributed by atoms with E-state index in [1.165, 1.54) is 31.3 Å². The molecule has 2 rings (SSSR count). The highest BCUT2D eigenvalue weighted by molar-refractivity contribution is 14.0. The quantitative estimate of drug-likeness (QED) is 0.282. The molecule has 0 aromatic heterocycles. The Balaban J connectivity index is 0.00000364. The Morgan fingerprint density at radius 2 is 1.89 bits per heavy atom. The summed E-state index contributed by atoms with van der Waals surface area (Å²) in [4.78, 5) is 3.98. The lowest BCUT2D eigenvalue weighted by atomic mass is 10.1. The van der Waals surface area contributed by atoms with Crippen LogP contribution >= 0.6 is 24.0 Å². The van der Waals surface area contributed by atoms with Crippen molar-refractivity contribution >= 4 is 29.9 Å². The number of nitrogens with one attached hydrogen (secondary N) is 2. The average Bonchev–Trinajstić information content (AvgIpc) is 2.63. The second kappa shape index (κ2) is 11.3. The van der Waals surface area contributed by atoms with Gasteiger partial charge in [-0.1, -0.05) is 0 Å². The predicted octanol–water partition coefficient (Wildman–Crippen LogP) is 3.34. The van der Waals surface area contributed by atoms with E-state index in [1.807, 2.05) is 6.07 Å². The molecule has 0 saturated heterocycles. The van der Waals surface area contributed by atoms with Crippen LogP contribution in [0.4, 0.5) is 13.2 Å². The molecule has 0 amide bonds. The third-order valence-corrected chi connectivity index (χ3v) is 3.39. The van der Waals surface area contributed by atoms with Crippen LogP contribution in [0, 0.1) is 28.8 Å². The molecular weight excluding hydrogens is 472 g/mol. The number of halogens is 4. The normalized spacial score (nSPS) is 10.6. The van der Waals surface area contributed by atoms with Gasteiger partial charge in [-0.3, -0.25) is 4.99 Å². The average molecular weight is 490 g/mol. The largest absolute Gasteiger partial charge is 0.489 e. The van der Waals surface area contributed by atoms with Crippen LogP contribution in [0.2, 0.25) is 0 Å². The molecule has 5 nitrogen and oxygen atoms in total. The Morgan fingerprint density at radius 3 is 2.56 bits per heavy atom. The number of nitriles is 1. The maximum atomic E-state index is 13.7. The molecular formula is C18H18F3IN4O. The molecule has 2 aromatic carbocycles. The first-order valence-electron chi connectivity index (χ1n) is 7.74. The first-order chi connectivity index (χ1) is 12.5. The van der Waals surface area contributed by atoms with Gasteiger partial charge in [0.1, 0.15) is 18.2 Å². The van der Waals surface area contributed by atoms with Crippen LogP contribution in [0.1, 0.15) is 11.1 Å². The number of benzene rings is 2. The van der Waals surface area contributed by atoms with Crippen molar-refractivity contribution < 1.29 is 17.9 Å². The number of hydrogen-bond donors (Lipinski definition) is 2. The fourth-order valence-corrected chi connectivity index (χ4v) is 2.10. The van der Waals surface area contributed by atoms with E-state index in [2.05, 4.69) is 15.6 Å². The SMILES string of the molecule is CN=C(NCCOc1ccc(F)cc1F)NCc1cc(C#N)ccc1F.I. The molecule has 27 heavy (non-hydrogen) atoms. The molecule has 0 saturated carbocycles. The summed E-state index contributed by atoms with van der Waals surface area (Å²) in [7, 11) is 1.54. The number of guanidine groups is 1. The molecule has 0 fully saturated rings. The molecule has 0 aliphatic heterocycles. The smallest absolute Gasteiger partial charge is 0.191 e. The van der Waals surface area contributed by atoms with E-state index in [-0.39, 0.29) is 49.4 Å². The van der Waals surface area contributed by atoms with Crippen molar-refractivity contribution in [3.05, 3.63) is 65.0 Å². The third-order valence-electron chi connectivity index (χ3n) is 3.39. The standard InChI is InChI=1S/C18H17F3N4O.HI/c1-23-18(25-11-13-8-12(10-22)2-4-15(13)20)24-6-7-26-17-5-3-14(19)9-16(17)21;/h2-5,8-9H,6-7,11H2,1H3,(H2,23,24,25);1H. The monoisotopic (exact) mass is 490 g/mol. The van der Waals surface area contributed by atoms with Gasteiger partial charge in [-0.05, 0) is 30.3 Å². The molecule has 9 heteroatoms. The maximum Gasteiger partial charge on any atom is 0.191 e. The molecule has 0 aliphatic rings. The summed E-state index contributed by atoms with van der Waals surface area (Å²) in [6.45, 7) is 0.535. The van der Waals surface area contributed by atoms with E-state index in [9.17, 15) is 13.2 Å². The molecule has 0 aliphatic carbocycles. The zero-order chi connectivity index (χ0) is 18.9. The van der Waals surface area contributed by atoms with Crippen molar-refractivity contribution in [2.45, 2.75) is 6.54 Å². The summed E-state index contributed by atoms with van der Waals surface area (Å²) >= 11 is 0. The van der Waals surface area contributed by atoms with E-state index in [1.54, 1.807) is 0 Å². The van der Waals surface area contributed by atoms with Crippen LogP contribution in [0.15, 0.2) is 41.4 Å². The van der Waals surface area contributed by atoms with Gasteiger partial charge in [-0.15, -0.1) is 24.0 Å². The predicted molar refractivity (Wildman–Crippen MR) is 107 cm³/mol. The van der Waals surface area contributed by atoms with Crippen molar-refractivity contribution in [2.75, 3.05) is 20.2 Å². The van der Waals surface area contributed by atoms with E-state index >= 15 is 0 Å². The van der Waals surface area contributed by atoms with Gasteiger partial charge in [0, 0.05) is 25.2 Å². The lowest BCUT2D eigenvalue weighted by molar-refractivity contribution is 0.304. The van der Waals surface area contributed by atoms with Crippen molar-refractivity contribution in [1.82, 2.24) is 10.6 Å². The molecule has 0 unspecified atom stereocenters. The van der Waals surface area contributed by atoms with E-state index < -0.39 is 17.5 Å². The first-order valence-corrected chi connectivity index (χ1v) is 7.74. The maximum absolute atomic E-state index is 13.7. The van der Waals surface area contributed by atoms with Crippen molar-refractivity contribution in [1.29, 1.82) is 5.26 Å². The number of rotatable bonds is 6. The van der Waals surface area contributed by atoms with Gasteiger partial charge in [0.2, 0.25) is 0 Å². The van der Waals surface area contributed by atoms with Crippen LogP contribution in [0.5, 0.6) is 5.75 Å². The van der Waals surface area contributed by atoms with Crippen LogP contribution in [0.25, 0.3) is 0 Å². The van der Waals surface area contributed by atoms with Gasteiger partial charge in [0.05, 0.1) is 18.2 Å². The molecule has 0 spiro atoms. The third kappa shape index (κ3) is 6.97. The van der Waals surface area contributed by atoms with Crippen molar-refractivity contribution in [2.24, 2.45) is 4.99 Å². The molecule has 0 atom stereocenters. The number of nitrogens with zero attached hydrogens (tertiary/aromatic N) is 2. The Bertz CT molecular complexity index is 840. The van der Waals surface area contributed by atoms with Crippen LogP contribution in [-0.2, 0) is 6.54 Å². The van der Waals surface area contributed by atoms with Crippen LogP contribution in [-0.4, -0.2) is 26.2 Å². The molecule has 2 N–H and O–H groups in total. The zero-order valence-corrected chi connectivity index (χ0v) is 16.8. The summed E-state index contributed by atoms with van der Waals surface area (Å²) in [5.41, 5.74) is 0.692. The fraction of sp³-hybridized carbons (Fsp3) is 0.222. The number of aliphatic imine (C=N–C) groups is 1. The van der Waals surface area contributed by atoms with Gasteiger partial charge in [-0.25, -0.2) is 13.2 Å². The molecule has 2 aromatic rings. The van der Waals surface area contributed by atoms with Gasteiger partial charge in [0.25, 0.3) is 0 Å². The Hall–Kier alpha value is -2.48. The summed E-state index contributed by atoms with van der Waals surface area (Å²) in [5.74, 6) is -1.55.